The minimum Gasteiger partial charge on any atom is -0.369 e. The zero-order valence-corrected chi connectivity index (χ0v) is 12.2. The van der Waals surface area contributed by atoms with Gasteiger partial charge in [-0.15, -0.1) is 11.3 Å². The quantitative estimate of drug-likeness (QED) is 0.904. The smallest absolute Gasteiger partial charge is 0.245 e. The predicted molar refractivity (Wildman–Crippen MR) is 78.8 cm³/mol. The Balaban J connectivity index is 2.22. The highest BCUT2D eigenvalue weighted by atomic mass is 79.9. The van der Waals surface area contributed by atoms with Gasteiger partial charge in [-0.05, 0) is 43.3 Å². The van der Waals surface area contributed by atoms with Crippen molar-refractivity contribution < 1.29 is 4.79 Å². The maximum atomic E-state index is 11.5. The van der Waals surface area contributed by atoms with E-state index in [2.05, 4.69) is 21.2 Å². The maximum absolute atomic E-state index is 11.5. The number of hydrogen-bond acceptors (Lipinski definition) is 3. The van der Waals surface area contributed by atoms with Gasteiger partial charge in [0.25, 0.3) is 0 Å². The van der Waals surface area contributed by atoms with Crippen molar-refractivity contribution in [2.75, 3.05) is 5.32 Å². The average Bonchev–Trinajstić information content (AvgIpc) is 2.74. The summed E-state index contributed by atoms with van der Waals surface area (Å²) in [5, 5.41) is 3.15. The van der Waals surface area contributed by atoms with Crippen LogP contribution in [0.15, 0.2) is 40.9 Å². The van der Waals surface area contributed by atoms with Crippen LogP contribution in [0.5, 0.6) is 0 Å². The van der Waals surface area contributed by atoms with Gasteiger partial charge in [-0.1, -0.05) is 15.9 Å². The van der Waals surface area contributed by atoms with Gasteiger partial charge in [0.05, 0.1) is 0 Å². The van der Waals surface area contributed by atoms with Crippen LogP contribution in [-0.4, -0.2) is 5.91 Å². The summed E-state index contributed by atoms with van der Waals surface area (Å²) in [6.45, 7) is 2.01. The Labute approximate surface area is 118 Å². The normalized spacial score (nSPS) is 12.1. The van der Waals surface area contributed by atoms with E-state index in [1.165, 1.54) is 0 Å². The Kier molecular flexibility index (Phi) is 4.04. The van der Waals surface area contributed by atoms with E-state index in [1.54, 1.807) is 11.3 Å². The summed E-state index contributed by atoms with van der Waals surface area (Å²) in [4.78, 5) is 13.6. The van der Waals surface area contributed by atoms with Crippen molar-refractivity contribution in [3.8, 4) is 0 Å². The molecule has 0 aliphatic rings. The number of hydrogen-bond donors (Lipinski definition) is 2. The van der Waals surface area contributed by atoms with Gasteiger partial charge in [0, 0.05) is 19.9 Å². The van der Waals surface area contributed by atoms with Crippen LogP contribution in [0.3, 0.4) is 0 Å². The second-order valence-electron chi connectivity index (χ2n) is 3.94. The summed E-state index contributed by atoms with van der Waals surface area (Å²) in [5.74, 6) is -0.375. The molecule has 1 aromatic carbocycles. The van der Waals surface area contributed by atoms with Crippen molar-refractivity contribution in [3.63, 3.8) is 0 Å². The molecule has 0 aliphatic heterocycles. The van der Waals surface area contributed by atoms with E-state index in [1.807, 2.05) is 43.3 Å². The number of aryl methyl sites for hydroxylation is 1. The van der Waals surface area contributed by atoms with Gasteiger partial charge in [-0.3, -0.25) is 4.79 Å². The second kappa shape index (κ2) is 5.54. The van der Waals surface area contributed by atoms with Crippen LogP contribution in [0.25, 0.3) is 0 Å². The first-order valence-corrected chi connectivity index (χ1v) is 7.05. The zero-order chi connectivity index (χ0) is 13.1. The molecule has 2 rings (SSSR count). The molecule has 0 spiro atoms. The molecule has 2 aromatic rings. The Morgan fingerprint density at radius 3 is 2.44 bits per heavy atom. The van der Waals surface area contributed by atoms with E-state index in [0.717, 1.165) is 19.9 Å². The number of benzene rings is 1. The topological polar surface area (TPSA) is 55.1 Å². The molecule has 3 N–H and O–H groups in total. The van der Waals surface area contributed by atoms with Crippen LogP contribution in [0.2, 0.25) is 0 Å². The number of rotatable bonds is 4. The summed E-state index contributed by atoms with van der Waals surface area (Å²) < 4.78 is 0.996. The van der Waals surface area contributed by atoms with Crippen LogP contribution in [0.1, 0.15) is 15.8 Å². The minimum atomic E-state index is -0.482. The molecule has 1 atom stereocenters. The van der Waals surface area contributed by atoms with Gasteiger partial charge >= 0.3 is 0 Å². The van der Waals surface area contributed by atoms with Gasteiger partial charge in [0.15, 0.2) is 0 Å². The van der Waals surface area contributed by atoms with E-state index in [4.69, 9.17) is 5.73 Å². The van der Waals surface area contributed by atoms with Crippen LogP contribution < -0.4 is 11.1 Å². The molecule has 1 unspecified atom stereocenters. The molecular formula is C13H13BrN2OS. The summed E-state index contributed by atoms with van der Waals surface area (Å²) in [6, 6.07) is 11.1. The lowest BCUT2D eigenvalue weighted by Gasteiger charge is -2.15. The lowest BCUT2D eigenvalue weighted by molar-refractivity contribution is -0.118. The fraction of sp³-hybridized carbons (Fsp3) is 0.154. The Hall–Kier alpha value is -1.33. The molecule has 0 saturated carbocycles. The number of primary amides is 1. The molecular weight excluding hydrogens is 312 g/mol. The van der Waals surface area contributed by atoms with Crippen LogP contribution >= 0.6 is 27.3 Å². The molecule has 0 bridgehead atoms. The number of amides is 1. The molecule has 0 aliphatic carbocycles. The van der Waals surface area contributed by atoms with Crippen molar-refractivity contribution in [1.82, 2.24) is 0 Å². The fourth-order valence-corrected chi connectivity index (χ4v) is 2.81. The molecule has 18 heavy (non-hydrogen) atoms. The number of carbonyl (C=O) groups excluding carboxylic acids is 1. The average molecular weight is 325 g/mol. The van der Waals surface area contributed by atoms with Crippen molar-refractivity contribution in [1.29, 1.82) is 0 Å². The molecule has 94 valence electrons. The van der Waals surface area contributed by atoms with Gasteiger partial charge in [0.2, 0.25) is 5.91 Å². The SMILES string of the molecule is Cc1ccc(C(Nc2ccc(Br)cc2)C(N)=O)s1. The molecule has 3 nitrogen and oxygen atoms in total. The number of anilines is 1. The third-order valence-electron chi connectivity index (χ3n) is 2.49. The van der Waals surface area contributed by atoms with Crippen LogP contribution in [-0.2, 0) is 4.79 Å². The molecule has 0 fully saturated rings. The van der Waals surface area contributed by atoms with Gasteiger partial charge in [-0.25, -0.2) is 0 Å². The number of thiophene rings is 1. The largest absolute Gasteiger partial charge is 0.369 e. The summed E-state index contributed by atoms with van der Waals surface area (Å²) in [5.41, 5.74) is 6.32. The van der Waals surface area contributed by atoms with Crippen molar-refractivity contribution >= 4 is 38.9 Å². The monoisotopic (exact) mass is 324 g/mol. The summed E-state index contributed by atoms with van der Waals surface area (Å²) in [6.07, 6.45) is 0. The highest BCUT2D eigenvalue weighted by Gasteiger charge is 2.19. The highest BCUT2D eigenvalue weighted by molar-refractivity contribution is 9.10. The third-order valence-corrected chi connectivity index (χ3v) is 4.08. The minimum absolute atomic E-state index is 0.375. The lowest BCUT2D eigenvalue weighted by atomic mass is 10.2. The van der Waals surface area contributed by atoms with Gasteiger partial charge < -0.3 is 11.1 Å². The van der Waals surface area contributed by atoms with Gasteiger partial charge in [-0.2, -0.15) is 0 Å². The standard InChI is InChI=1S/C13H13BrN2OS/c1-8-2-7-11(18-8)12(13(15)17)16-10-5-3-9(14)4-6-10/h2-7,12,16H,1H3,(H2,15,17). The number of halogens is 1. The third kappa shape index (κ3) is 3.11. The number of nitrogens with two attached hydrogens (primary N) is 1. The van der Waals surface area contributed by atoms with Crippen molar-refractivity contribution in [2.45, 2.75) is 13.0 Å². The van der Waals surface area contributed by atoms with Crippen LogP contribution in [0.4, 0.5) is 5.69 Å². The van der Waals surface area contributed by atoms with Crippen LogP contribution in [0, 0.1) is 6.92 Å². The van der Waals surface area contributed by atoms with Crippen molar-refractivity contribution in [2.24, 2.45) is 5.73 Å². The van der Waals surface area contributed by atoms with Crippen molar-refractivity contribution in [3.05, 3.63) is 50.6 Å². The van der Waals surface area contributed by atoms with E-state index in [9.17, 15) is 4.79 Å². The van der Waals surface area contributed by atoms with E-state index in [-0.39, 0.29) is 5.91 Å². The zero-order valence-electron chi connectivity index (χ0n) is 9.81. The van der Waals surface area contributed by atoms with E-state index < -0.39 is 6.04 Å². The maximum Gasteiger partial charge on any atom is 0.245 e. The first-order chi connectivity index (χ1) is 8.56. The fourth-order valence-electron chi connectivity index (χ4n) is 1.60. The molecule has 1 aromatic heterocycles. The Morgan fingerprint density at radius 1 is 1.28 bits per heavy atom. The molecule has 0 radical (unpaired) electrons. The molecule has 1 heterocycles. The molecule has 1 amide bonds. The van der Waals surface area contributed by atoms with E-state index in [0.29, 0.717) is 0 Å². The molecule has 5 heteroatoms. The second-order valence-corrected chi connectivity index (χ2v) is 6.17. The Bertz CT molecular complexity index is 550. The summed E-state index contributed by atoms with van der Waals surface area (Å²) in [7, 11) is 0. The first-order valence-electron chi connectivity index (χ1n) is 5.44. The Morgan fingerprint density at radius 2 is 1.94 bits per heavy atom. The number of nitrogens with one attached hydrogen (secondary N) is 1. The lowest BCUT2D eigenvalue weighted by Crippen LogP contribution is -2.26. The highest BCUT2D eigenvalue weighted by Crippen LogP contribution is 2.26. The van der Waals surface area contributed by atoms with Gasteiger partial charge in [0.1, 0.15) is 6.04 Å². The van der Waals surface area contributed by atoms with E-state index >= 15 is 0 Å². The molecule has 0 saturated heterocycles. The number of carbonyl (C=O) groups is 1. The first kappa shape index (κ1) is 13.1. The summed E-state index contributed by atoms with van der Waals surface area (Å²) >= 11 is 4.95. The predicted octanol–water partition coefficient (Wildman–Crippen LogP) is 3.46.